The van der Waals surface area contributed by atoms with Gasteiger partial charge in [0.25, 0.3) is 0 Å². The molecular formula is C76H133NO8P+. The Morgan fingerprint density at radius 2 is 0.663 bits per heavy atom. The van der Waals surface area contributed by atoms with Gasteiger partial charge in [-0.05, 0) is 89.9 Å². The van der Waals surface area contributed by atoms with Gasteiger partial charge in [0.05, 0.1) is 27.7 Å². The Bertz CT molecular complexity index is 1870. The Labute approximate surface area is 530 Å². The number of carbonyl (C=O) groups excluding carboxylic acids is 2. The Morgan fingerprint density at radius 1 is 0.372 bits per heavy atom. The van der Waals surface area contributed by atoms with E-state index in [0.29, 0.717) is 17.4 Å². The normalized spacial score (nSPS) is 13.9. The van der Waals surface area contributed by atoms with Crippen LogP contribution in [0.2, 0.25) is 0 Å². The highest BCUT2D eigenvalue weighted by Crippen LogP contribution is 2.43. The lowest BCUT2D eigenvalue weighted by Crippen LogP contribution is -2.37. The molecule has 9 nitrogen and oxygen atoms in total. The molecule has 0 bridgehead atoms. The second-order valence-corrected chi connectivity index (χ2v) is 26.0. The molecule has 0 aromatic heterocycles. The van der Waals surface area contributed by atoms with Crippen molar-refractivity contribution in [3.05, 3.63) is 122 Å². The molecule has 0 aromatic carbocycles. The highest BCUT2D eigenvalue weighted by Gasteiger charge is 2.27. The second-order valence-electron chi connectivity index (χ2n) is 24.5. The summed E-state index contributed by atoms with van der Waals surface area (Å²) in [5, 5.41) is 0. The van der Waals surface area contributed by atoms with E-state index in [9.17, 15) is 19.0 Å². The van der Waals surface area contributed by atoms with E-state index in [1.807, 2.05) is 21.1 Å². The second kappa shape index (κ2) is 65.8. The van der Waals surface area contributed by atoms with Crippen LogP contribution in [0.4, 0.5) is 0 Å². The zero-order valence-corrected chi connectivity index (χ0v) is 57.2. The van der Waals surface area contributed by atoms with E-state index < -0.39 is 26.5 Å². The molecule has 0 aliphatic heterocycles. The first-order valence-electron chi connectivity index (χ1n) is 35.3. The molecule has 0 fully saturated rings. The van der Waals surface area contributed by atoms with Crippen molar-refractivity contribution in [1.29, 1.82) is 0 Å². The molecule has 2 atom stereocenters. The highest BCUT2D eigenvalue weighted by molar-refractivity contribution is 7.47. The van der Waals surface area contributed by atoms with Crippen molar-refractivity contribution in [3.63, 3.8) is 0 Å². The molecule has 2 unspecified atom stereocenters. The van der Waals surface area contributed by atoms with Crippen molar-refractivity contribution in [3.8, 4) is 0 Å². The van der Waals surface area contributed by atoms with Gasteiger partial charge in [-0.25, -0.2) is 4.57 Å². The number of hydrogen-bond acceptors (Lipinski definition) is 7. The van der Waals surface area contributed by atoms with Gasteiger partial charge in [0.2, 0.25) is 0 Å². The summed E-state index contributed by atoms with van der Waals surface area (Å²) < 4.78 is 34.7. The molecule has 0 saturated heterocycles. The standard InChI is InChI=1S/C76H132NO8P/c1-6-8-10-12-14-16-18-20-22-24-26-28-30-32-34-35-36-37-38-39-40-41-43-45-47-49-51-53-55-57-59-61-63-65-67-69-76(79)85-74(73-84-86(80,81)83-71-70-77(3,4)5)72-82-75(78)68-66-64-62-60-58-56-54-52-50-48-46-44-42-33-31-29-27-25-23-21-19-17-15-13-11-9-7-2/h8,10,14,16,20,22,26,28,32,34,36-37,39-40,43,45,49,51,55,57,74H,6-7,9,11-13,15,17-19,21,23-25,27,29-31,33,35,38,41-42,44,46-48,50,52-54,56,58-73H2,1-5H3/p+1/b10-8-,16-14-,22-20-,28-26-,34-32-,37-36-,40-39-,45-43-,51-49-,57-55-. The average Bonchev–Trinajstić information content (AvgIpc) is 3.56. The summed E-state index contributed by atoms with van der Waals surface area (Å²) in [6, 6.07) is 0. The van der Waals surface area contributed by atoms with Crippen molar-refractivity contribution in [2.24, 2.45) is 0 Å². The molecule has 494 valence electrons. The van der Waals surface area contributed by atoms with Crippen LogP contribution in [-0.2, 0) is 32.7 Å². The van der Waals surface area contributed by atoms with Crippen LogP contribution in [0.1, 0.15) is 296 Å². The molecule has 0 aliphatic carbocycles. The molecule has 0 amide bonds. The van der Waals surface area contributed by atoms with E-state index >= 15 is 0 Å². The first-order valence-corrected chi connectivity index (χ1v) is 36.8. The van der Waals surface area contributed by atoms with Gasteiger partial charge >= 0.3 is 19.8 Å². The minimum absolute atomic E-state index is 0.0216. The van der Waals surface area contributed by atoms with Crippen LogP contribution in [0.15, 0.2) is 122 Å². The summed E-state index contributed by atoms with van der Waals surface area (Å²) in [4.78, 5) is 35.9. The third-order valence-electron chi connectivity index (χ3n) is 15.0. The highest BCUT2D eigenvalue weighted by atomic mass is 31.2. The lowest BCUT2D eigenvalue weighted by Gasteiger charge is -2.24. The molecule has 0 aliphatic rings. The topological polar surface area (TPSA) is 108 Å². The van der Waals surface area contributed by atoms with Gasteiger partial charge in [0, 0.05) is 12.8 Å². The molecule has 0 aromatic rings. The van der Waals surface area contributed by atoms with Crippen LogP contribution in [0.3, 0.4) is 0 Å². The van der Waals surface area contributed by atoms with Gasteiger partial charge in [0.1, 0.15) is 19.8 Å². The quantitative estimate of drug-likeness (QED) is 0.0211. The summed E-state index contributed by atoms with van der Waals surface area (Å²) in [5.74, 6) is -0.823. The molecular weight excluding hydrogens is 1090 g/mol. The number of ether oxygens (including phenoxy) is 2. The Morgan fingerprint density at radius 3 is 0.988 bits per heavy atom. The predicted molar refractivity (Wildman–Crippen MR) is 371 cm³/mol. The van der Waals surface area contributed by atoms with Crippen LogP contribution in [-0.4, -0.2) is 74.9 Å². The lowest BCUT2D eigenvalue weighted by atomic mass is 10.0. The number of allylic oxidation sites excluding steroid dienone is 20. The summed E-state index contributed by atoms with van der Waals surface area (Å²) in [6.07, 6.45) is 94.5. The minimum atomic E-state index is -4.41. The number of phosphoric acid groups is 1. The molecule has 0 saturated carbocycles. The van der Waals surface area contributed by atoms with Gasteiger partial charge in [0.15, 0.2) is 6.10 Å². The predicted octanol–water partition coefficient (Wildman–Crippen LogP) is 23.0. The Kier molecular flexibility index (Phi) is 63.1. The fourth-order valence-corrected chi connectivity index (χ4v) is 10.4. The van der Waals surface area contributed by atoms with Crippen LogP contribution in [0.25, 0.3) is 0 Å². The number of nitrogens with zero attached hydrogens (tertiary/aromatic N) is 1. The van der Waals surface area contributed by atoms with Gasteiger partial charge in [-0.1, -0.05) is 315 Å². The number of quaternary nitrogens is 1. The van der Waals surface area contributed by atoms with Crippen molar-refractivity contribution in [2.45, 2.75) is 302 Å². The smallest absolute Gasteiger partial charge is 0.462 e. The third kappa shape index (κ3) is 69.5. The number of rotatable bonds is 64. The van der Waals surface area contributed by atoms with E-state index in [4.69, 9.17) is 18.5 Å². The fourth-order valence-electron chi connectivity index (χ4n) is 9.63. The summed E-state index contributed by atoms with van der Waals surface area (Å²) in [5.41, 5.74) is 0. The van der Waals surface area contributed by atoms with Gasteiger partial charge in [-0.2, -0.15) is 0 Å². The maximum absolute atomic E-state index is 12.9. The molecule has 1 N–H and O–H groups in total. The summed E-state index contributed by atoms with van der Waals surface area (Å²) in [7, 11) is 1.45. The molecule has 0 spiro atoms. The van der Waals surface area contributed by atoms with Gasteiger partial charge in [-0.15, -0.1) is 0 Å². The molecule has 0 rings (SSSR count). The Balaban J connectivity index is 4.15. The van der Waals surface area contributed by atoms with Gasteiger partial charge < -0.3 is 18.9 Å². The zero-order valence-electron chi connectivity index (χ0n) is 56.3. The van der Waals surface area contributed by atoms with Crippen molar-refractivity contribution < 1.29 is 42.1 Å². The lowest BCUT2D eigenvalue weighted by molar-refractivity contribution is -0.870. The van der Waals surface area contributed by atoms with E-state index in [2.05, 4.69) is 135 Å². The van der Waals surface area contributed by atoms with E-state index in [0.717, 1.165) is 109 Å². The minimum Gasteiger partial charge on any atom is -0.462 e. The Hall–Kier alpha value is -3.59. The van der Waals surface area contributed by atoms with Crippen LogP contribution in [0, 0.1) is 0 Å². The van der Waals surface area contributed by atoms with Crippen LogP contribution in [0.5, 0.6) is 0 Å². The zero-order chi connectivity index (χ0) is 62.6. The van der Waals surface area contributed by atoms with Gasteiger partial charge in [-0.3, -0.25) is 18.6 Å². The first-order chi connectivity index (χ1) is 42.0. The SMILES string of the molecule is CC/C=C\C/C=C\C/C=C\C/C=C\C/C=C\C/C=C\C/C=C\C/C=C\C/C=C\C/C=C\CCCCCCC(=O)OC(COC(=O)CCCCCCCCCCCCCCCCCCCCCCCCCCCCC)COP(=O)(O)OCC[N+](C)(C)C. The van der Waals surface area contributed by atoms with Crippen LogP contribution >= 0.6 is 7.82 Å². The molecule has 10 heteroatoms. The monoisotopic (exact) mass is 1220 g/mol. The van der Waals surface area contributed by atoms with Crippen molar-refractivity contribution in [2.75, 3.05) is 47.5 Å². The van der Waals surface area contributed by atoms with Crippen molar-refractivity contribution in [1.82, 2.24) is 0 Å². The first kappa shape index (κ1) is 82.4. The van der Waals surface area contributed by atoms with E-state index in [1.54, 1.807) is 0 Å². The number of likely N-dealkylation sites (N-methyl/N-ethyl adjacent to an activating group) is 1. The number of carbonyl (C=O) groups is 2. The third-order valence-corrected chi connectivity index (χ3v) is 16.0. The average molecular weight is 1220 g/mol. The number of phosphoric ester groups is 1. The number of unbranched alkanes of at least 4 members (excludes halogenated alkanes) is 30. The molecule has 0 heterocycles. The maximum atomic E-state index is 12.9. The maximum Gasteiger partial charge on any atom is 0.472 e. The van der Waals surface area contributed by atoms with Crippen LogP contribution < -0.4 is 0 Å². The number of esters is 2. The fraction of sp³-hybridized carbons (Fsp3) is 0.711. The van der Waals surface area contributed by atoms with E-state index in [-0.39, 0.29) is 32.0 Å². The largest absolute Gasteiger partial charge is 0.472 e. The number of hydrogen-bond donors (Lipinski definition) is 1. The summed E-state index contributed by atoms with van der Waals surface area (Å²) in [6.45, 7) is 4.32. The van der Waals surface area contributed by atoms with Crippen molar-refractivity contribution >= 4 is 19.8 Å². The molecule has 86 heavy (non-hydrogen) atoms. The molecule has 0 radical (unpaired) electrons. The van der Waals surface area contributed by atoms with E-state index in [1.165, 1.54) is 154 Å². The summed E-state index contributed by atoms with van der Waals surface area (Å²) >= 11 is 0.